The second-order valence-corrected chi connectivity index (χ2v) is 7.78. The van der Waals surface area contributed by atoms with E-state index in [2.05, 4.69) is 6.07 Å². The van der Waals surface area contributed by atoms with Crippen molar-refractivity contribution >= 4 is 11.7 Å². The van der Waals surface area contributed by atoms with Crippen LogP contribution in [0.25, 0.3) is 0 Å². The lowest BCUT2D eigenvalue weighted by Gasteiger charge is -2.22. The van der Waals surface area contributed by atoms with Gasteiger partial charge in [-0.15, -0.1) is 0 Å². The van der Waals surface area contributed by atoms with Gasteiger partial charge in [-0.3, -0.25) is 19.0 Å². The van der Waals surface area contributed by atoms with E-state index >= 15 is 0 Å². The maximum atomic E-state index is 13.2. The first-order chi connectivity index (χ1) is 14.5. The zero-order valence-electron chi connectivity index (χ0n) is 16.9. The molecule has 1 aromatic carbocycles. The zero-order chi connectivity index (χ0) is 21.3. The van der Waals surface area contributed by atoms with Crippen molar-refractivity contribution < 1.29 is 14.3 Å². The van der Waals surface area contributed by atoms with Gasteiger partial charge in [-0.2, -0.15) is 5.26 Å². The summed E-state index contributed by atoms with van der Waals surface area (Å²) >= 11 is 0. The predicted molar refractivity (Wildman–Crippen MR) is 109 cm³/mol. The molecular formula is C23H23N3O4. The molecule has 1 amide bonds. The molecule has 154 valence electrons. The van der Waals surface area contributed by atoms with Gasteiger partial charge in [-0.05, 0) is 56.4 Å². The number of likely N-dealkylation sites (tertiary alicyclic amines) is 1. The van der Waals surface area contributed by atoms with Gasteiger partial charge in [-0.1, -0.05) is 12.1 Å². The maximum absolute atomic E-state index is 13.2. The number of amides is 1. The number of rotatable bonds is 5. The fourth-order valence-electron chi connectivity index (χ4n) is 4.26. The van der Waals surface area contributed by atoms with Gasteiger partial charge in [0, 0.05) is 24.3 Å². The molecule has 2 aromatic rings. The fourth-order valence-corrected chi connectivity index (χ4v) is 4.26. The number of ether oxygens (including phenoxy) is 1. The smallest absolute Gasteiger partial charge is 0.293 e. The summed E-state index contributed by atoms with van der Waals surface area (Å²) in [6.07, 6.45) is 2.99. The summed E-state index contributed by atoms with van der Waals surface area (Å²) in [5, 5.41) is 8.90. The van der Waals surface area contributed by atoms with Crippen LogP contribution in [0.2, 0.25) is 0 Å². The summed E-state index contributed by atoms with van der Waals surface area (Å²) in [5.74, 6) is -0.141. The summed E-state index contributed by atoms with van der Waals surface area (Å²) in [6, 6.07) is 9.86. The average Bonchev–Trinajstić information content (AvgIpc) is 3.43. The van der Waals surface area contributed by atoms with Crippen molar-refractivity contribution in [3.05, 3.63) is 63.1 Å². The molecule has 0 saturated carbocycles. The highest BCUT2D eigenvalue weighted by molar-refractivity contribution is 5.96. The maximum Gasteiger partial charge on any atom is 0.293 e. The summed E-state index contributed by atoms with van der Waals surface area (Å²) in [5.41, 5.74) is 2.02. The lowest BCUT2D eigenvalue weighted by molar-refractivity contribution is -0.133. The Morgan fingerprint density at radius 2 is 1.90 bits per heavy atom. The Morgan fingerprint density at radius 3 is 2.53 bits per heavy atom. The molecule has 0 spiro atoms. The first kappa shape index (κ1) is 19.9. The van der Waals surface area contributed by atoms with E-state index in [9.17, 15) is 14.4 Å². The van der Waals surface area contributed by atoms with Crippen LogP contribution in [0.3, 0.4) is 0 Å². The molecule has 7 nitrogen and oxygen atoms in total. The lowest BCUT2D eigenvalue weighted by Crippen LogP contribution is -2.38. The fraction of sp³-hybridized carbons (Fsp3) is 0.391. The topological polar surface area (TPSA) is 92.4 Å². The molecule has 1 atom stereocenters. The van der Waals surface area contributed by atoms with Gasteiger partial charge in [0.2, 0.25) is 5.91 Å². The molecule has 1 aromatic heterocycles. The summed E-state index contributed by atoms with van der Waals surface area (Å²) in [7, 11) is 0. The number of benzene rings is 1. The molecule has 1 fully saturated rings. The number of Topliss-reactive ketones (excluding diaryl/α,β-unsaturated/α-hetero) is 1. The van der Waals surface area contributed by atoms with Gasteiger partial charge >= 0.3 is 0 Å². The Kier molecular flexibility index (Phi) is 5.40. The Labute approximate surface area is 174 Å². The minimum Gasteiger partial charge on any atom is -0.483 e. The molecule has 7 heteroatoms. The number of hydrogen-bond donors (Lipinski definition) is 0. The van der Waals surface area contributed by atoms with E-state index in [4.69, 9.17) is 10.00 Å². The molecule has 0 aliphatic carbocycles. The molecule has 0 radical (unpaired) electrons. The van der Waals surface area contributed by atoms with Crippen molar-refractivity contribution in [3.63, 3.8) is 0 Å². The predicted octanol–water partition coefficient (Wildman–Crippen LogP) is 2.61. The number of nitrogens with zero attached hydrogens (tertiary/aromatic N) is 3. The van der Waals surface area contributed by atoms with E-state index in [0.29, 0.717) is 42.8 Å². The Hall–Kier alpha value is -3.40. The molecular weight excluding hydrogens is 382 g/mol. The lowest BCUT2D eigenvalue weighted by atomic mass is 10.1. The molecule has 0 unspecified atom stereocenters. The van der Waals surface area contributed by atoms with Gasteiger partial charge in [0.05, 0.1) is 11.6 Å². The molecule has 3 heterocycles. The van der Waals surface area contributed by atoms with Crippen LogP contribution in [0.4, 0.5) is 0 Å². The monoisotopic (exact) mass is 405 g/mol. The van der Waals surface area contributed by atoms with E-state index < -0.39 is 6.04 Å². The standard InChI is InChI=1S/C23H23N3O4/c1-15(27)18-12-21(30-14-17-6-4-16(13-24)5-7-17)23(29)26-19(18)8-9-20(26)22(28)25-10-2-3-11-25/h4-7,12,20H,2-3,8-11,14H2,1H3/t20-/m0/s1. The molecule has 2 aliphatic heterocycles. The zero-order valence-corrected chi connectivity index (χ0v) is 16.9. The van der Waals surface area contributed by atoms with Crippen LogP contribution in [-0.4, -0.2) is 34.2 Å². The van der Waals surface area contributed by atoms with E-state index in [0.717, 1.165) is 18.4 Å². The highest BCUT2D eigenvalue weighted by Crippen LogP contribution is 2.31. The van der Waals surface area contributed by atoms with E-state index in [1.165, 1.54) is 17.6 Å². The first-order valence-corrected chi connectivity index (χ1v) is 10.2. The molecule has 2 aliphatic rings. The number of aromatic nitrogens is 1. The van der Waals surface area contributed by atoms with Crippen molar-refractivity contribution in [1.82, 2.24) is 9.47 Å². The van der Waals surface area contributed by atoms with Crippen LogP contribution in [0.15, 0.2) is 35.1 Å². The second-order valence-electron chi connectivity index (χ2n) is 7.78. The van der Waals surface area contributed by atoms with Gasteiger partial charge in [-0.25, -0.2) is 0 Å². The highest BCUT2D eigenvalue weighted by atomic mass is 16.5. The number of pyridine rings is 1. The quantitative estimate of drug-likeness (QED) is 0.713. The molecule has 0 N–H and O–H groups in total. The molecule has 1 saturated heterocycles. The first-order valence-electron chi connectivity index (χ1n) is 10.2. The number of carbonyl (C=O) groups is 2. The van der Waals surface area contributed by atoms with E-state index in [1.54, 1.807) is 24.3 Å². The van der Waals surface area contributed by atoms with Crippen LogP contribution in [-0.2, 0) is 17.8 Å². The summed E-state index contributed by atoms with van der Waals surface area (Å²) in [4.78, 5) is 40.3. The summed E-state index contributed by atoms with van der Waals surface area (Å²) < 4.78 is 7.25. The molecule has 0 bridgehead atoms. The average molecular weight is 405 g/mol. The second kappa shape index (κ2) is 8.15. The largest absolute Gasteiger partial charge is 0.483 e. The van der Waals surface area contributed by atoms with Crippen LogP contribution < -0.4 is 10.3 Å². The van der Waals surface area contributed by atoms with E-state index in [-0.39, 0.29) is 29.6 Å². The van der Waals surface area contributed by atoms with Gasteiger partial charge < -0.3 is 9.64 Å². The van der Waals surface area contributed by atoms with Crippen LogP contribution in [0.5, 0.6) is 5.75 Å². The number of hydrogen-bond acceptors (Lipinski definition) is 5. The number of carbonyl (C=O) groups excluding carboxylic acids is 2. The highest BCUT2D eigenvalue weighted by Gasteiger charge is 2.36. The van der Waals surface area contributed by atoms with Crippen LogP contribution in [0.1, 0.15) is 59.4 Å². The third-order valence-corrected chi connectivity index (χ3v) is 5.83. The van der Waals surface area contributed by atoms with Gasteiger partial charge in [0.15, 0.2) is 11.5 Å². The van der Waals surface area contributed by atoms with Crippen LogP contribution >= 0.6 is 0 Å². The van der Waals surface area contributed by atoms with Crippen LogP contribution in [0, 0.1) is 11.3 Å². The number of fused-ring (bicyclic) bond motifs is 1. The minimum absolute atomic E-state index is 0.0490. The van der Waals surface area contributed by atoms with Crippen molar-refractivity contribution in [1.29, 1.82) is 5.26 Å². The van der Waals surface area contributed by atoms with Crippen molar-refractivity contribution in [3.8, 4) is 11.8 Å². The SMILES string of the molecule is CC(=O)c1cc(OCc2ccc(C#N)cc2)c(=O)n2c1CC[C@H]2C(=O)N1CCCC1. The molecule has 30 heavy (non-hydrogen) atoms. The minimum atomic E-state index is -0.581. The Bertz CT molecular complexity index is 1090. The van der Waals surface area contributed by atoms with Gasteiger partial charge in [0.25, 0.3) is 5.56 Å². The normalized spacial score (nSPS) is 17.5. The molecule has 4 rings (SSSR count). The summed E-state index contributed by atoms with van der Waals surface area (Å²) in [6.45, 7) is 3.02. The Balaban J connectivity index is 1.66. The third-order valence-electron chi connectivity index (χ3n) is 5.83. The number of nitriles is 1. The Morgan fingerprint density at radius 1 is 1.20 bits per heavy atom. The van der Waals surface area contributed by atoms with Crippen molar-refractivity contribution in [2.24, 2.45) is 0 Å². The van der Waals surface area contributed by atoms with E-state index in [1.807, 2.05) is 4.90 Å². The van der Waals surface area contributed by atoms with Crippen molar-refractivity contribution in [2.45, 2.75) is 45.3 Å². The van der Waals surface area contributed by atoms with Gasteiger partial charge in [0.1, 0.15) is 12.6 Å². The number of ketones is 1. The van der Waals surface area contributed by atoms with Crippen molar-refractivity contribution in [2.75, 3.05) is 13.1 Å². The third kappa shape index (κ3) is 3.61.